The molecule has 28 heavy (non-hydrogen) atoms. The van der Waals surface area contributed by atoms with E-state index in [-0.39, 0.29) is 18.7 Å². The van der Waals surface area contributed by atoms with Gasteiger partial charge in [0.05, 0.1) is 6.54 Å². The van der Waals surface area contributed by atoms with E-state index >= 15 is 0 Å². The van der Waals surface area contributed by atoms with Crippen LogP contribution in [0.1, 0.15) is 19.4 Å². The number of benzene rings is 3. The summed E-state index contributed by atoms with van der Waals surface area (Å²) in [6.45, 7) is 5.07. The highest BCUT2D eigenvalue weighted by Gasteiger charge is 2.18. The van der Waals surface area contributed by atoms with Crippen molar-refractivity contribution in [2.24, 2.45) is 0 Å². The van der Waals surface area contributed by atoms with E-state index < -0.39 is 0 Å². The molecule has 3 aromatic rings. The van der Waals surface area contributed by atoms with Gasteiger partial charge in [0.2, 0.25) is 0 Å². The summed E-state index contributed by atoms with van der Waals surface area (Å²) in [5, 5.41) is 2.26. The van der Waals surface area contributed by atoms with Gasteiger partial charge in [-0.1, -0.05) is 58.4 Å². The number of fused-ring (bicyclic) bond motifs is 1. The van der Waals surface area contributed by atoms with Crippen molar-refractivity contribution < 1.29 is 14.3 Å². The van der Waals surface area contributed by atoms with Crippen LogP contribution in [-0.2, 0) is 11.3 Å². The second kappa shape index (κ2) is 9.60. The molecular weight excluding hydrogens is 418 g/mol. The highest BCUT2D eigenvalue weighted by molar-refractivity contribution is 9.10. The maximum Gasteiger partial charge on any atom is 0.410 e. The molecule has 0 aliphatic carbocycles. The molecule has 0 saturated heterocycles. The van der Waals surface area contributed by atoms with Crippen LogP contribution in [0, 0.1) is 0 Å². The molecule has 3 rings (SSSR count). The summed E-state index contributed by atoms with van der Waals surface area (Å²) in [4.78, 5) is 14.1. The number of carbonyl (C=O) groups excluding carboxylic acids is 1. The van der Waals surface area contributed by atoms with Crippen LogP contribution in [-0.4, -0.2) is 30.2 Å². The maximum atomic E-state index is 12.5. The van der Waals surface area contributed by atoms with E-state index in [1.807, 2.05) is 74.5 Å². The molecule has 146 valence electrons. The summed E-state index contributed by atoms with van der Waals surface area (Å²) in [6.07, 6.45) is -0.328. The summed E-state index contributed by atoms with van der Waals surface area (Å²) in [6, 6.07) is 21.8. The van der Waals surface area contributed by atoms with Crippen molar-refractivity contribution in [3.8, 4) is 5.75 Å². The molecule has 0 N–H and O–H groups in total. The molecule has 4 nitrogen and oxygen atoms in total. The van der Waals surface area contributed by atoms with Crippen LogP contribution in [0.2, 0.25) is 0 Å². The number of hydrogen-bond donors (Lipinski definition) is 0. The maximum absolute atomic E-state index is 12.5. The topological polar surface area (TPSA) is 38.8 Å². The molecule has 0 atom stereocenters. The number of halogens is 1. The van der Waals surface area contributed by atoms with Crippen molar-refractivity contribution in [3.05, 3.63) is 76.8 Å². The number of carbonyl (C=O) groups is 1. The Morgan fingerprint density at radius 2 is 1.71 bits per heavy atom. The first-order chi connectivity index (χ1) is 13.5. The first kappa shape index (κ1) is 20.2. The van der Waals surface area contributed by atoms with Crippen molar-refractivity contribution in [3.63, 3.8) is 0 Å². The van der Waals surface area contributed by atoms with Crippen LogP contribution in [0.5, 0.6) is 5.75 Å². The van der Waals surface area contributed by atoms with Crippen LogP contribution < -0.4 is 4.74 Å². The third-order valence-corrected chi connectivity index (χ3v) is 4.93. The van der Waals surface area contributed by atoms with E-state index in [0.717, 1.165) is 26.6 Å². The molecule has 0 spiro atoms. The molecule has 0 saturated carbocycles. The molecular formula is C23H24BrNO3. The minimum absolute atomic E-state index is 0.0285. The fourth-order valence-corrected chi connectivity index (χ4v) is 3.29. The Morgan fingerprint density at radius 1 is 1.00 bits per heavy atom. The first-order valence-electron chi connectivity index (χ1n) is 9.32. The highest BCUT2D eigenvalue weighted by atomic mass is 79.9. The molecule has 3 aromatic carbocycles. The third kappa shape index (κ3) is 5.49. The van der Waals surface area contributed by atoms with Crippen molar-refractivity contribution in [1.29, 1.82) is 0 Å². The lowest BCUT2D eigenvalue weighted by Crippen LogP contribution is -2.40. The van der Waals surface area contributed by atoms with Gasteiger partial charge in [-0.05, 0) is 54.4 Å². The zero-order chi connectivity index (χ0) is 19.9. The van der Waals surface area contributed by atoms with Crippen LogP contribution in [0.3, 0.4) is 0 Å². The van der Waals surface area contributed by atoms with E-state index in [4.69, 9.17) is 9.47 Å². The molecule has 0 aromatic heterocycles. The van der Waals surface area contributed by atoms with E-state index in [1.165, 1.54) is 0 Å². The molecule has 0 bridgehead atoms. The molecule has 0 unspecified atom stereocenters. The summed E-state index contributed by atoms with van der Waals surface area (Å²) < 4.78 is 12.4. The Balaban J connectivity index is 1.54. The SMILES string of the molecule is CC(C)N(CCOc1ccc2cc(Br)ccc2c1)C(=O)OCc1ccccc1. The van der Waals surface area contributed by atoms with Gasteiger partial charge >= 0.3 is 6.09 Å². The quantitative estimate of drug-likeness (QED) is 0.449. The minimum Gasteiger partial charge on any atom is -0.492 e. The largest absolute Gasteiger partial charge is 0.492 e. The molecule has 0 aliphatic rings. The lowest BCUT2D eigenvalue weighted by atomic mass is 10.1. The van der Waals surface area contributed by atoms with Gasteiger partial charge in [-0.25, -0.2) is 4.79 Å². The van der Waals surface area contributed by atoms with Gasteiger partial charge in [0.15, 0.2) is 0 Å². The van der Waals surface area contributed by atoms with Crippen LogP contribution in [0.4, 0.5) is 4.79 Å². The van der Waals surface area contributed by atoms with Crippen LogP contribution in [0.15, 0.2) is 71.2 Å². The van der Waals surface area contributed by atoms with Crippen molar-refractivity contribution in [1.82, 2.24) is 4.90 Å². The average molecular weight is 442 g/mol. The van der Waals surface area contributed by atoms with Gasteiger partial charge in [0, 0.05) is 10.5 Å². The smallest absolute Gasteiger partial charge is 0.410 e. The van der Waals surface area contributed by atoms with Crippen LogP contribution >= 0.6 is 15.9 Å². The van der Waals surface area contributed by atoms with E-state index in [2.05, 4.69) is 22.0 Å². The van der Waals surface area contributed by atoms with Gasteiger partial charge in [0.1, 0.15) is 19.0 Å². The number of amides is 1. The van der Waals surface area contributed by atoms with Gasteiger partial charge in [-0.2, -0.15) is 0 Å². The van der Waals surface area contributed by atoms with E-state index in [9.17, 15) is 4.79 Å². The molecule has 1 amide bonds. The molecule has 0 aliphatic heterocycles. The Hall–Kier alpha value is -2.53. The average Bonchev–Trinajstić information content (AvgIpc) is 2.70. The first-order valence-corrected chi connectivity index (χ1v) is 10.1. The zero-order valence-electron chi connectivity index (χ0n) is 16.1. The van der Waals surface area contributed by atoms with Crippen LogP contribution in [0.25, 0.3) is 10.8 Å². The molecule has 5 heteroatoms. The summed E-state index contributed by atoms with van der Waals surface area (Å²) in [5.74, 6) is 0.788. The van der Waals surface area contributed by atoms with E-state index in [1.54, 1.807) is 4.90 Å². The predicted octanol–water partition coefficient (Wildman–Crippen LogP) is 6.03. The number of nitrogens with zero attached hydrogens (tertiary/aromatic N) is 1. The standard InChI is InChI=1S/C23H24BrNO3/c1-17(2)25(23(26)28-16-18-6-4-3-5-7-18)12-13-27-22-11-9-19-14-21(24)10-8-20(19)15-22/h3-11,14-15,17H,12-13,16H2,1-2H3. The highest BCUT2D eigenvalue weighted by Crippen LogP contribution is 2.24. The normalized spacial score (nSPS) is 10.9. The summed E-state index contributed by atoms with van der Waals surface area (Å²) >= 11 is 3.48. The Labute approximate surface area is 174 Å². The third-order valence-electron chi connectivity index (χ3n) is 4.44. The Bertz CT molecular complexity index is 928. The van der Waals surface area contributed by atoms with Gasteiger partial charge in [-0.3, -0.25) is 0 Å². The van der Waals surface area contributed by atoms with E-state index in [0.29, 0.717) is 13.2 Å². The van der Waals surface area contributed by atoms with Gasteiger partial charge in [0.25, 0.3) is 0 Å². The monoisotopic (exact) mass is 441 g/mol. The van der Waals surface area contributed by atoms with Gasteiger partial charge < -0.3 is 14.4 Å². The Kier molecular flexibility index (Phi) is 6.93. The number of ether oxygens (including phenoxy) is 2. The lowest BCUT2D eigenvalue weighted by molar-refractivity contribution is 0.0795. The zero-order valence-corrected chi connectivity index (χ0v) is 17.7. The Morgan fingerprint density at radius 3 is 2.46 bits per heavy atom. The molecule has 0 fully saturated rings. The van der Waals surface area contributed by atoms with Crippen molar-refractivity contribution >= 4 is 32.8 Å². The van der Waals surface area contributed by atoms with Crippen molar-refractivity contribution in [2.75, 3.05) is 13.2 Å². The number of hydrogen-bond acceptors (Lipinski definition) is 3. The fourth-order valence-electron chi connectivity index (χ4n) is 2.91. The molecule has 0 radical (unpaired) electrons. The van der Waals surface area contributed by atoms with Crippen molar-refractivity contribution in [2.45, 2.75) is 26.5 Å². The summed E-state index contributed by atoms with van der Waals surface area (Å²) in [5.41, 5.74) is 0.971. The minimum atomic E-state index is -0.328. The van der Waals surface area contributed by atoms with Gasteiger partial charge in [-0.15, -0.1) is 0 Å². The summed E-state index contributed by atoms with van der Waals surface area (Å²) in [7, 11) is 0. The lowest BCUT2D eigenvalue weighted by Gasteiger charge is -2.26. The second-order valence-electron chi connectivity index (χ2n) is 6.83. The molecule has 0 heterocycles. The predicted molar refractivity (Wildman–Crippen MR) is 116 cm³/mol. The number of rotatable bonds is 7. The second-order valence-corrected chi connectivity index (χ2v) is 7.74. The fraction of sp³-hybridized carbons (Fsp3) is 0.261.